The predicted octanol–water partition coefficient (Wildman–Crippen LogP) is 0.357. The van der Waals surface area contributed by atoms with Crippen molar-refractivity contribution in [3.8, 4) is 0 Å². The van der Waals surface area contributed by atoms with E-state index in [-0.39, 0.29) is 18.3 Å². The van der Waals surface area contributed by atoms with E-state index in [0.717, 1.165) is 11.4 Å². The molecule has 0 spiro atoms. The second kappa shape index (κ2) is 3.38. The fourth-order valence-electron chi connectivity index (χ4n) is 1.47. The summed E-state index contributed by atoms with van der Waals surface area (Å²) in [6, 6.07) is -0.146. The summed E-state index contributed by atoms with van der Waals surface area (Å²) < 4.78 is 3.22. The first-order valence-electron chi connectivity index (χ1n) is 4.36. The van der Waals surface area contributed by atoms with Gasteiger partial charge in [0.15, 0.2) is 0 Å². The van der Waals surface area contributed by atoms with E-state index >= 15 is 0 Å². The molecular weight excluding hydrogens is 168 g/mol. The molecule has 4 heteroatoms. The minimum atomic E-state index is -0.146. The first-order valence-corrected chi connectivity index (χ1v) is 4.36. The zero-order valence-electron chi connectivity index (χ0n) is 8.53. The van der Waals surface area contributed by atoms with Gasteiger partial charge in [-0.3, -0.25) is 9.13 Å². The molecule has 0 aliphatic heterocycles. The number of aliphatic hydroxyl groups is 1. The van der Waals surface area contributed by atoms with Crippen LogP contribution >= 0.6 is 0 Å². The third-order valence-corrected chi connectivity index (χ3v) is 2.59. The van der Waals surface area contributed by atoms with Crippen LogP contribution in [0, 0.1) is 13.8 Å². The van der Waals surface area contributed by atoms with Crippen molar-refractivity contribution < 1.29 is 5.11 Å². The molecule has 13 heavy (non-hydrogen) atoms. The molecule has 0 aliphatic rings. The number of hydrogen-bond acceptors (Lipinski definition) is 2. The van der Waals surface area contributed by atoms with Crippen LogP contribution in [-0.4, -0.2) is 20.8 Å². The van der Waals surface area contributed by atoms with Crippen molar-refractivity contribution in [1.29, 1.82) is 0 Å². The van der Waals surface area contributed by atoms with Crippen molar-refractivity contribution in [3.05, 3.63) is 21.9 Å². The molecule has 1 N–H and O–H groups in total. The van der Waals surface area contributed by atoms with Crippen molar-refractivity contribution >= 4 is 0 Å². The summed E-state index contributed by atoms with van der Waals surface area (Å²) in [4.78, 5) is 11.6. The van der Waals surface area contributed by atoms with E-state index < -0.39 is 0 Å². The molecule has 0 saturated heterocycles. The molecule has 0 fully saturated rings. The van der Waals surface area contributed by atoms with Gasteiger partial charge in [0.1, 0.15) is 0 Å². The van der Waals surface area contributed by atoms with E-state index in [9.17, 15) is 4.79 Å². The molecule has 0 aliphatic carbocycles. The van der Waals surface area contributed by atoms with Gasteiger partial charge in [-0.1, -0.05) is 0 Å². The molecule has 0 bridgehead atoms. The Morgan fingerprint density at radius 3 is 2.23 bits per heavy atom. The number of rotatable bonds is 2. The number of aromatic nitrogens is 2. The minimum absolute atomic E-state index is 0.00972. The van der Waals surface area contributed by atoms with Gasteiger partial charge in [-0.05, 0) is 20.8 Å². The summed E-state index contributed by atoms with van der Waals surface area (Å²) in [6.45, 7) is 5.61. The summed E-state index contributed by atoms with van der Waals surface area (Å²) in [7, 11) is 1.74. The number of hydrogen-bond donors (Lipinski definition) is 1. The lowest BCUT2D eigenvalue weighted by Gasteiger charge is -2.10. The van der Waals surface area contributed by atoms with Crippen LogP contribution in [0.2, 0.25) is 0 Å². The van der Waals surface area contributed by atoms with Gasteiger partial charge in [0.25, 0.3) is 0 Å². The normalized spacial score (nSPS) is 13.3. The summed E-state index contributed by atoms with van der Waals surface area (Å²) >= 11 is 0. The van der Waals surface area contributed by atoms with Crippen LogP contribution in [0.15, 0.2) is 4.79 Å². The van der Waals surface area contributed by atoms with Crippen molar-refractivity contribution in [1.82, 2.24) is 9.13 Å². The van der Waals surface area contributed by atoms with Gasteiger partial charge < -0.3 is 5.11 Å². The smallest absolute Gasteiger partial charge is 0.328 e. The molecule has 1 aromatic rings. The second-order valence-electron chi connectivity index (χ2n) is 3.41. The Labute approximate surface area is 77.4 Å². The van der Waals surface area contributed by atoms with Crippen LogP contribution in [0.4, 0.5) is 0 Å². The minimum Gasteiger partial charge on any atom is -0.394 e. The van der Waals surface area contributed by atoms with Crippen molar-refractivity contribution in [2.24, 2.45) is 7.05 Å². The monoisotopic (exact) mass is 184 g/mol. The highest BCUT2D eigenvalue weighted by Crippen LogP contribution is 2.09. The zero-order valence-corrected chi connectivity index (χ0v) is 8.53. The van der Waals surface area contributed by atoms with Crippen LogP contribution in [0.25, 0.3) is 0 Å². The fraction of sp³-hybridized carbons (Fsp3) is 0.667. The lowest BCUT2D eigenvalue weighted by Crippen LogP contribution is -2.27. The summed E-state index contributed by atoms with van der Waals surface area (Å²) in [5.74, 6) is 0. The molecule has 1 unspecified atom stereocenters. The van der Waals surface area contributed by atoms with Crippen molar-refractivity contribution in [2.45, 2.75) is 26.8 Å². The highest BCUT2D eigenvalue weighted by molar-refractivity contribution is 5.11. The topological polar surface area (TPSA) is 47.2 Å². The largest absolute Gasteiger partial charge is 0.394 e. The first-order chi connectivity index (χ1) is 6.00. The molecule has 74 valence electrons. The Kier molecular flexibility index (Phi) is 2.61. The first kappa shape index (κ1) is 10.1. The fourth-order valence-corrected chi connectivity index (χ4v) is 1.47. The van der Waals surface area contributed by atoms with Crippen LogP contribution < -0.4 is 5.69 Å². The second-order valence-corrected chi connectivity index (χ2v) is 3.41. The molecule has 0 aromatic carbocycles. The number of imidazole rings is 1. The Morgan fingerprint density at radius 1 is 1.38 bits per heavy atom. The molecule has 1 aromatic heterocycles. The molecule has 4 nitrogen and oxygen atoms in total. The molecule has 1 rings (SSSR count). The standard InChI is InChI=1S/C9H16N2O2/c1-6(5-12)11-8(3)7(2)10(4)9(11)13/h6,12H,5H2,1-4H3. The maximum Gasteiger partial charge on any atom is 0.328 e. The summed E-state index contributed by atoms with van der Waals surface area (Å²) in [5, 5.41) is 8.97. The van der Waals surface area contributed by atoms with Crippen LogP contribution in [0.5, 0.6) is 0 Å². The van der Waals surface area contributed by atoms with Crippen LogP contribution in [-0.2, 0) is 7.05 Å². The van der Waals surface area contributed by atoms with E-state index in [1.165, 1.54) is 0 Å². The highest BCUT2D eigenvalue weighted by Gasteiger charge is 2.14. The van der Waals surface area contributed by atoms with Gasteiger partial charge in [-0.15, -0.1) is 0 Å². The number of nitrogens with zero attached hydrogens (tertiary/aromatic N) is 2. The third-order valence-electron chi connectivity index (χ3n) is 2.59. The van der Waals surface area contributed by atoms with Gasteiger partial charge in [-0.2, -0.15) is 0 Å². The Bertz CT molecular complexity index is 362. The maximum atomic E-state index is 11.6. The average Bonchev–Trinajstić information content (AvgIpc) is 2.30. The molecule has 0 amide bonds. The van der Waals surface area contributed by atoms with E-state index in [1.54, 1.807) is 16.2 Å². The van der Waals surface area contributed by atoms with Crippen LogP contribution in [0.1, 0.15) is 24.4 Å². The Balaban J connectivity index is 3.38. The summed E-state index contributed by atoms with van der Waals surface area (Å²) in [5.41, 5.74) is 1.82. The van der Waals surface area contributed by atoms with Crippen molar-refractivity contribution in [2.75, 3.05) is 6.61 Å². The maximum absolute atomic E-state index is 11.6. The predicted molar refractivity (Wildman–Crippen MR) is 50.9 cm³/mol. The van der Waals surface area contributed by atoms with Gasteiger partial charge in [0.05, 0.1) is 12.6 Å². The van der Waals surface area contributed by atoms with E-state index in [1.807, 2.05) is 20.8 Å². The van der Waals surface area contributed by atoms with E-state index in [0.29, 0.717) is 0 Å². The lowest BCUT2D eigenvalue weighted by molar-refractivity contribution is 0.234. The number of aliphatic hydroxyl groups excluding tert-OH is 1. The highest BCUT2D eigenvalue weighted by atomic mass is 16.3. The quantitative estimate of drug-likeness (QED) is 0.721. The van der Waals surface area contributed by atoms with Crippen molar-refractivity contribution in [3.63, 3.8) is 0 Å². The lowest BCUT2D eigenvalue weighted by atomic mass is 10.3. The summed E-state index contributed by atoms with van der Waals surface area (Å²) in [6.07, 6.45) is 0. The molecule has 1 atom stereocenters. The van der Waals surface area contributed by atoms with Gasteiger partial charge in [0, 0.05) is 18.4 Å². The molecular formula is C9H16N2O2. The SMILES string of the molecule is Cc1c(C)n(C(C)CO)c(=O)n1C. The molecule has 0 saturated carbocycles. The van der Waals surface area contributed by atoms with Crippen LogP contribution in [0.3, 0.4) is 0 Å². The zero-order chi connectivity index (χ0) is 10.2. The van der Waals surface area contributed by atoms with Gasteiger partial charge in [-0.25, -0.2) is 4.79 Å². The average molecular weight is 184 g/mol. The van der Waals surface area contributed by atoms with E-state index in [2.05, 4.69) is 0 Å². The van der Waals surface area contributed by atoms with E-state index in [4.69, 9.17) is 5.11 Å². The third kappa shape index (κ3) is 1.42. The van der Waals surface area contributed by atoms with Gasteiger partial charge in [0.2, 0.25) is 0 Å². The molecule has 1 heterocycles. The Hall–Kier alpha value is -1.03. The van der Waals surface area contributed by atoms with Gasteiger partial charge >= 0.3 is 5.69 Å². The Morgan fingerprint density at radius 2 is 1.92 bits per heavy atom. The molecule has 0 radical (unpaired) electrons.